The number of hydrogen-bond donors (Lipinski definition) is 2. The van der Waals surface area contributed by atoms with E-state index >= 15 is 0 Å². The van der Waals surface area contributed by atoms with Crippen LogP contribution in [0.4, 0.5) is 0 Å². The molecule has 3 rings (SSSR count). The van der Waals surface area contributed by atoms with Gasteiger partial charge in [-0.25, -0.2) is 4.57 Å². The fourth-order valence-electron chi connectivity index (χ4n) is 1.89. The second-order valence-electron chi connectivity index (χ2n) is 4.13. The van der Waals surface area contributed by atoms with E-state index in [2.05, 4.69) is 52.3 Å². The highest BCUT2D eigenvalue weighted by molar-refractivity contribution is 6.06. The van der Waals surface area contributed by atoms with E-state index < -0.39 is 5.97 Å². The molecule has 0 radical (unpaired) electrons. The van der Waals surface area contributed by atoms with Gasteiger partial charge in [0.1, 0.15) is 7.05 Å². The van der Waals surface area contributed by atoms with Gasteiger partial charge in [0.05, 0.1) is 10.9 Å². The third kappa shape index (κ3) is 2.48. The van der Waals surface area contributed by atoms with Crippen LogP contribution in [0.1, 0.15) is 6.92 Å². The number of nitrogens with one attached hydrogen (secondary N) is 1. The van der Waals surface area contributed by atoms with Crippen LogP contribution in [0.15, 0.2) is 42.7 Å². The number of H-pyrrole nitrogens is 1. The van der Waals surface area contributed by atoms with E-state index in [9.17, 15) is 0 Å². The minimum absolute atomic E-state index is 0.833. The van der Waals surface area contributed by atoms with Crippen LogP contribution < -0.4 is 4.57 Å². The quantitative estimate of drug-likeness (QED) is 0.595. The van der Waals surface area contributed by atoms with Crippen molar-refractivity contribution in [2.24, 2.45) is 7.05 Å². The van der Waals surface area contributed by atoms with Crippen molar-refractivity contribution in [3.05, 3.63) is 42.7 Å². The molecule has 0 atom stereocenters. The number of fused-ring (bicyclic) bond motifs is 3. The van der Waals surface area contributed by atoms with Crippen LogP contribution in [-0.2, 0) is 11.8 Å². The lowest BCUT2D eigenvalue weighted by Gasteiger charge is -1.88. The molecule has 0 aliphatic carbocycles. The van der Waals surface area contributed by atoms with Gasteiger partial charge in [-0.2, -0.15) is 0 Å². The number of para-hydroxylation sites is 1. The zero-order valence-corrected chi connectivity index (χ0v) is 10.3. The van der Waals surface area contributed by atoms with Crippen molar-refractivity contribution in [2.45, 2.75) is 6.92 Å². The number of hydrogen-bond acceptors (Lipinski definition) is 1. The summed E-state index contributed by atoms with van der Waals surface area (Å²) in [6.45, 7) is 1.08. The van der Waals surface area contributed by atoms with Crippen molar-refractivity contribution in [1.29, 1.82) is 0 Å². The van der Waals surface area contributed by atoms with Gasteiger partial charge in [-0.05, 0) is 6.07 Å². The minimum atomic E-state index is -0.833. The maximum Gasteiger partial charge on any atom is 0.300 e. The van der Waals surface area contributed by atoms with Crippen molar-refractivity contribution in [2.75, 3.05) is 0 Å². The topological polar surface area (TPSA) is 57.0 Å². The molecule has 0 unspecified atom stereocenters. The number of aliphatic carboxylic acids is 1. The Labute approximate surface area is 104 Å². The molecule has 18 heavy (non-hydrogen) atoms. The van der Waals surface area contributed by atoms with E-state index in [1.807, 2.05) is 7.05 Å². The van der Waals surface area contributed by atoms with E-state index in [1.54, 1.807) is 0 Å². The first-order chi connectivity index (χ1) is 8.58. The van der Waals surface area contributed by atoms with Gasteiger partial charge >= 0.3 is 0 Å². The summed E-state index contributed by atoms with van der Waals surface area (Å²) in [6.07, 6.45) is 4.20. The molecule has 2 N–H and O–H groups in total. The molecule has 0 aliphatic rings. The fraction of sp³-hybridized carbons (Fsp3) is 0.143. The van der Waals surface area contributed by atoms with Gasteiger partial charge in [-0.15, -0.1) is 0 Å². The third-order valence-electron chi connectivity index (χ3n) is 2.59. The van der Waals surface area contributed by atoms with E-state index in [0.29, 0.717) is 0 Å². The smallest absolute Gasteiger partial charge is 0.300 e. The summed E-state index contributed by atoms with van der Waals surface area (Å²) in [5.41, 5.74) is 2.40. The lowest BCUT2D eigenvalue weighted by atomic mass is 10.2. The Morgan fingerprint density at radius 2 is 1.78 bits per heavy atom. The zero-order valence-electron chi connectivity index (χ0n) is 10.3. The number of aromatic amines is 1. The van der Waals surface area contributed by atoms with Crippen LogP contribution in [-0.4, -0.2) is 16.1 Å². The van der Waals surface area contributed by atoms with Crippen molar-refractivity contribution >= 4 is 27.8 Å². The third-order valence-corrected chi connectivity index (χ3v) is 2.59. The second-order valence-corrected chi connectivity index (χ2v) is 4.13. The maximum absolute atomic E-state index is 9.00. The Hall–Kier alpha value is -2.36. The zero-order chi connectivity index (χ0) is 13.1. The molecule has 0 bridgehead atoms. The van der Waals surface area contributed by atoms with E-state index in [4.69, 9.17) is 9.90 Å². The van der Waals surface area contributed by atoms with Crippen LogP contribution in [0.25, 0.3) is 21.8 Å². The molecule has 3 aromatic rings. The van der Waals surface area contributed by atoms with Crippen LogP contribution >= 0.6 is 0 Å². The number of aryl methyl sites for hydroxylation is 1. The average molecular weight is 243 g/mol. The Kier molecular flexibility index (Phi) is 3.28. The standard InChI is InChI=1S/C12H10N2.C2H4O2/c1-14-7-6-12-10(8-14)9-4-2-3-5-11(9)13-12;1-2(3)4/h2-8H,1H3;1H3,(H,3,4)/p+1. The lowest BCUT2D eigenvalue weighted by molar-refractivity contribution is -0.670. The molecule has 4 nitrogen and oxygen atoms in total. The van der Waals surface area contributed by atoms with Crippen molar-refractivity contribution < 1.29 is 14.5 Å². The van der Waals surface area contributed by atoms with Gasteiger partial charge in [0.15, 0.2) is 12.4 Å². The van der Waals surface area contributed by atoms with Crippen molar-refractivity contribution in [3.8, 4) is 0 Å². The van der Waals surface area contributed by atoms with Gasteiger partial charge in [0.2, 0.25) is 0 Å². The molecule has 0 aliphatic heterocycles. The molecule has 2 heterocycles. The summed E-state index contributed by atoms with van der Waals surface area (Å²) < 4.78 is 2.07. The fourth-order valence-corrected chi connectivity index (χ4v) is 1.89. The van der Waals surface area contributed by atoms with Crippen molar-refractivity contribution in [3.63, 3.8) is 0 Å². The van der Waals surface area contributed by atoms with Gasteiger partial charge in [-0.1, -0.05) is 18.2 Å². The summed E-state index contributed by atoms with van der Waals surface area (Å²) in [4.78, 5) is 12.4. The molecule has 0 fully saturated rings. The summed E-state index contributed by atoms with van der Waals surface area (Å²) in [5, 5.41) is 9.99. The van der Waals surface area contributed by atoms with E-state index in [-0.39, 0.29) is 0 Å². The first-order valence-corrected chi connectivity index (χ1v) is 5.63. The number of nitrogens with zero attached hydrogens (tertiary/aromatic N) is 1. The molecule has 0 saturated heterocycles. The number of benzene rings is 1. The molecular weight excluding hydrogens is 228 g/mol. The van der Waals surface area contributed by atoms with Crippen LogP contribution in [0.3, 0.4) is 0 Å². The molecule has 1 aromatic carbocycles. The lowest BCUT2D eigenvalue weighted by Crippen LogP contribution is -2.25. The Bertz CT molecular complexity index is 697. The highest BCUT2D eigenvalue weighted by Crippen LogP contribution is 2.22. The number of carbonyl (C=O) groups is 1. The summed E-state index contributed by atoms with van der Waals surface area (Å²) in [5.74, 6) is -0.833. The Balaban J connectivity index is 0.000000267. The SMILES string of the molecule is CC(=O)O.C[n+]1ccc2[nH]c3ccccc3c2c1. The first-order valence-electron chi connectivity index (χ1n) is 5.63. The minimum Gasteiger partial charge on any atom is -0.481 e. The van der Waals surface area contributed by atoms with Gasteiger partial charge in [-0.3, -0.25) is 4.79 Å². The Morgan fingerprint density at radius 1 is 1.17 bits per heavy atom. The second kappa shape index (κ2) is 4.87. The molecule has 2 aromatic heterocycles. The van der Waals surface area contributed by atoms with E-state index in [1.165, 1.54) is 21.8 Å². The van der Waals surface area contributed by atoms with Gasteiger partial charge in [0, 0.05) is 23.9 Å². The predicted octanol–water partition coefficient (Wildman–Crippen LogP) is 2.24. The summed E-state index contributed by atoms with van der Waals surface area (Å²) in [7, 11) is 2.04. The normalized spacial score (nSPS) is 10.1. The monoisotopic (exact) mass is 243 g/mol. The number of pyridine rings is 1. The first kappa shape index (κ1) is 12.1. The predicted molar refractivity (Wildman–Crippen MR) is 70.3 cm³/mol. The van der Waals surface area contributed by atoms with Crippen LogP contribution in [0.5, 0.6) is 0 Å². The number of carboxylic acids is 1. The summed E-state index contributed by atoms with van der Waals surface area (Å²) in [6, 6.07) is 10.5. The highest BCUT2D eigenvalue weighted by Gasteiger charge is 2.05. The van der Waals surface area contributed by atoms with Gasteiger partial charge in [0.25, 0.3) is 5.97 Å². The number of aromatic nitrogens is 2. The highest BCUT2D eigenvalue weighted by atomic mass is 16.4. The molecule has 92 valence electrons. The molecular formula is C14H15N2O2+. The maximum atomic E-state index is 9.00. The van der Waals surface area contributed by atoms with Crippen molar-refractivity contribution in [1.82, 2.24) is 4.98 Å². The summed E-state index contributed by atoms with van der Waals surface area (Å²) >= 11 is 0. The van der Waals surface area contributed by atoms with Crippen LogP contribution in [0.2, 0.25) is 0 Å². The molecule has 0 spiro atoms. The largest absolute Gasteiger partial charge is 0.481 e. The molecule has 0 saturated carbocycles. The molecule has 0 amide bonds. The average Bonchev–Trinajstić information content (AvgIpc) is 2.66. The van der Waals surface area contributed by atoms with Crippen LogP contribution in [0, 0.1) is 0 Å². The number of rotatable bonds is 0. The molecule has 4 heteroatoms. The van der Waals surface area contributed by atoms with Gasteiger partial charge < -0.3 is 10.1 Å². The Morgan fingerprint density at radius 3 is 2.50 bits per heavy atom. The number of carboxylic acid groups (broad SMARTS) is 1. The van der Waals surface area contributed by atoms with E-state index in [0.717, 1.165) is 6.92 Å².